The van der Waals surface area contributed by atoms with Crippen LogP contribution in [0.3, 0.4) is 0 Å². The summed E-state index contributed by atoms with van der Waals surface area (Å²) in [5.74, 6) is -0.891. The van der Waals surface area contributed by atoms with Crippen LogP contribution in [0.25, 0.3) is 5.57 Å². The second-order valence-corrected chi connectivity index (χ2v) is 7.47. The first-order valence-electron chi connectivity index (χ1n) is 6.83. The predicted molar refractivity (Wildman–Crippen MR) is 73.6 cm³/mol. The zero-order valence-electron chi connectivity index (χ0n) is 11.1. The lowest BCUT2D eigenvalue weighted by molar-refractivity contribution is -0.137. The Balaban J connectivity index is 2.01. The van der Waals surface area contributed by atoms with Gasteiger partial charge in [-0.3, -0.25) is 4.21 Å². The summed E-state index contributed by atoms with van der Waals surface area (Å²) < 4.78 is 63.9. The third kappa shape index (κ3) is 2.91. The Morgan fingerprint density at radius 2 is 1.90 bits per heavy atom. The Hall–Kier alpha value is -1.17. The first-order valence-corrected chi connectivity index (χ1v) is 8.10. The van der Waals surface area contributed by atoms with Gasteiger partial charge in [-0.25, -0.2) is 4.39 Å². The van der Waals surface area contributed by atoms with Crippen molar-refractivity contribution >= 4 is 16.4 Å². The van der Waals surface area contributed by atoms with Crippen LogP contribution in [0, 0.1) is 5.82 Å². The molecule has 0 spiro atoms. The molecule has 0 N–H and O–H groups in total. The molecule has 21 heavy (non-hydrogen) atoms. The van der Waals surface area contributed by atoms with Crippen molar-refractivity contribution in [2.24, 2.45) is 0 Å². The van der Waals surface area contributed by atoms with Gasteiger partial charge in [0.2, 0.25) is 0 Å². The molecule has 1 aromatic rings. The first-order chi connectivity index (χ1) is 9.84. The highest BCUT2D eigenvalue weighted by Crippen LogP contribution is 2.39. The number of benzene rings is 1. The second kappa shape index (κ2) is 5.23. The Kier molecular flexibility index (Phi) is 3.67. The summed E-state index contributed by atoms with van der Waals surface area (Å²) in [5, 5.41) is -0.119. The van der Waals surface area contributed by atoms with Crippen molar-refractivity contribution in [3.63, 3.8) is 0 Å². The van der Waals surface area contributed by atoms with E-state index in [1.807, 2.05) is 0 Å². The van der Waals surface area contributed by atoms with E-state index in [0.29, 0.717) is 18.1 Å². The minimum Gasteiger partial charge on any atom is -0.259 e. The molecular weight excluding hydrogens is 304 g/mol. The van der Waals surface area contributed by atoms with Crippen LogP contribution < -0.4 is 0 Å². The quantitative estimate of drug-likeness (QED) is 0.706. The maximum Gasteiger partial charge on any atom is 0.416 e. The summed E-state index contributed by atoms with van der Waals surface area (Å²) in [6, 6.07) is 2.62. The molecule has 1 saturated heterocycles. The normalized spacial score (nSPS) is 29.1. The molecule has 0 saturated carbocycles. The van der Waals surface area contributed by atoms with E-state index < -0.39 is 28.4 Å². The van der Waals surface area contributed by atoms with Crippen molar-refractivity contribution < 1.29 is 21.8 Å². The van der Waals surface area contributed by atoms with Gasteiger partial charge in [0.05, 0.1) is 10.8 Å². The highest BCUT2D eigenvalue weighted by Gasteiger charge is 2.35. The van der Waals surface area contributed by atoms with E-state index in [4.69, 9.17) is 0 Å². The number of halogens is 4. The van der Waals surface area contributed by atoms with Crippen LogP contribution in [0.1, 0.15) is 36.8 Å². The Morgan fingerprint density at radius 1 is 1.14 bits per heavy atom. The van der Waals surface area contributed by atoms with Gasteiger partial charge in [0.25, 0.3) is 0 Å². The van der Waals surface area contributed by atoms with Crippen LogP contribution in [0.2, 0.25) is 0 Å². The molecule has 1 nitrogen and oxygen atoms in total. The van der Waals surface area contributed by atoms with Crippen molar-refractivity contribution in [1.82, 2.24) is 0 Å². The lowest BCUT2D eigenvalue weighted by Crippen LogP contribution is -2.33. The number of fused-ring (bicyclic) bond motifs is 2. The molecule has 0 aliphatic carbocycles. The largest absolute Gasteiger partial charge is 0.416 e. The Bertz CT molecular complexity index is 621. The van der Waals surface area contributed by atoms with Gasteiger partial charge in [0.1, 0.15) is 5.82 Å². The van der Waals surface area contributed by atoms with Crippen molar-refractivity contribution in [3.8, 4) is 0 Å². The molecular formula is C15H14F4OS. The lowest BCUT2D eigenvalue weighted by atomic mass is 9.92. The standard InChI is InChI=1S/C15H14F4OS/c16-12-5-9(4-11(8-12)15(17,18)19)10-6-13-2-1-3-14(7-10)21(13)20/h4-6,8,13-14H,1-3,7H2. The zero-order valence-corrected chi connectivity index (χ0v) is 11.9. The van der Waals surface area contributed by atoms with Crippen LogP contribution in [-0.4, -0.2) is 14.7 Å². The topological polar surface area (TPSA) is 17.1 Å². The average Bonchev–Trinajstić information content (AvgIpc) is 2.36. The second-order valence-electron chi connectivity index (χ2n) is 5.54. The van der Waals surface area contributed by atoms with E-state index in [1.165, 1.54) is 0 Å². The zero-order chi connectivity index (χ0) is 15.2. The smallest absolute Gasteiger partial charge is 0.259 e. The van der Waals surface area contributed by atoms with Crippen LogP contribution in [0.15, 0.2) is 24.3 Å². The van der Waals surface area contributed by atoms with Gasteiger partial charge in [-0.05, 0) is 48.6 Å². The maximum atomic E-state index is 13.5. The molecule has 114 valence electrons. The van der Waals surface area contributed by atoms with Gasteiger partial charge in [-0.2, -0.15) is 13.2 Å². The van der Waals surface area contributed by atoms with E-state index in [9.17, 15) is 21.8 Å². The maximum absolute atomic E-state index is 13.5. The number of rotatable bonds is 1. The van der Waals surface area contributed by atoms with Crippen LogP contribution >= 0.6 is 0 Å². The third-order valence-corrected chi connectivity index (χ3v) is 6.10. The minimum atomic E-state index is -4.56. The summed E-state index contributed by atoms with van der Waals surface area (Å²) in [5.41, 5.74) is -0.0273. The Labute approximate surface area is 122 Å². The molecule has 2 bridgehead atoms. The summed E-state index contributed by atoms with van der Waals surface area (Å²) in [4.78, 5) is 0. The van der Waals surface area contributed by atoms with Crippen LogP contribution in [0.5, 0.6) is 0 Å². The monoisotopic (exact) mass is 318 g/mol. The molecule has 0 radical (unpaired) electrons. The van der Waals surface area contributed by atoms with Crippen LogP contribution in [0.4, 0.5) is 17.6 Å². The highest BCUT2D eigenvalue weighted by atomic mass is 32.2. The molecule has 3 atom stereocenters. The number of alkyl halides is 3. The summed E-state index contributed by atoms with van der Waals surface area (Å²) in [6.45, 7) is 0. The molecule has 0 aromatic heterocycles. The molecule has 3 rings (SSSR count). The molecule has 1 fully saturated rings. The molecule has 3 unspecified atom stereocenters. The summed E-state index contributed by atoms with van der Waals surface area (Å²) in [7, 11) is -0.951. The van der Waals surface area contributed by atoms with Crippen molar-refractivity contribution in [1.29, 1.82) is 0 Å². The van der Waals surface area contributed by atoms with Crippen molar-refractivity contribution in [3.05, 3.63) is 41.2 Å². The van der Waals surface area contributed by atoms with E-state index in [0.717, 1.165) is 31.4 Å². The molecule has 0 amide bonds. The fraction of sp³-hybridized carbons (Fsp3) is 0.467. The van der Waals surface area contributed by atoms with Gasteiger partial charge in [-0.15, -0.1) is 0 Å². The summed E-state index contributed by atoms with van der Waals surface area (Å²) >= 11 is 0. The third-order valence-electron chi connectivity index (χ3n) is 4.07. The number of hydrogen-bond acceptors (Lipinski definition) is 1. The van der Waals surface area contributed by atoms with Crippen molar-refractivity contribution in [2.45, 2.75) is 42.4 Å². The highest BCUT2D eigenvalue weighted by molar-refractivity contribution is 7.86. The fourth-order valence-corrected chi connectivity index (χ4v) is 4.99. The first kappa shape index (κ1) is 14.8. The van der Waals surface area contributed by atoms with Gasteiger partial charge < -0.3 is 0 Å². The molecule has 2 heterocycles. The van der Waals surface area contributed by atoms with E-state index >= 15 is 0 Å². The van der Waals surface area contributed by atoms with Gasteiger partial charge in [-0.1, -0.05) is 12.5 Å². The SMILES string of the molecule is O=S1C2C=C(c3cc(F)cc(C(F)(F)F)c3)CC1CCC2. The molecule has 2 aliphatic rings. The van der Waals surface area contributed by atoms with E-state index in [1.54, 1.807) is 6.08 Å². The number of hydrogen-bond donors (Lipinski definition) is 0. The van der Waals surface area contributed by atoms with Gasteiger partial charge in [0, 0.05) is 16.0 Å². The van der Waals surface area contributed by atoms with E-state index in [2.05, 4.69) is 0 Å². The predicted octanol–water partition coefficient (Wildman–Crippen LogP) is 4.30. The molecule has 2 aliphatic heterocycles. The average molecular weight is 318 g/mol. The Morgan fingerprint density at radius 3 is 2.57 bits per heavy atom. The lowest BCUT2D eigenvalue weighted by Gasteiger charge is -2.33. The minimum absolute atomic E-state index is 0.0126. The number of allylic oxidation sites excluding steroid dienone is 1. The summed E-state index contributed by atoms with van der Waals surface area (Å²) in [6.07, 6.45) is 0.271. The van der Waals surface area contributed by atoms with Crippen LogP contribution in [-0.2, 0) is 17.0 Å². The van der Waals surface area contributed by atoms with E-state index in [-0.39, 0.29) is 16.1 Å². The van der Waals surface area contributed by atoms with Crippen molar-refractivity contribution in [2.75, 3.05) is 0 Å². The fourth-order valence-electron chi connectivity index (χ4n) is 3.05. The molecule has 1 aromatic carbocycles. The van der Waals surface area contributed by atoms with Gasteiger partial charge >= 0.3 is 6.18 Å². The molecule has 6 heteroatoms. The van der Waals surface area contributed by atoms with Gasteiger partial charge in [0.15, 0.2) is 0 Å².